The predicted octanol–water partition coefficient (Wildman–Crippen LogP) is 4.25. The lowest BCUT2D eigenvalue weighted by Crippen LogP contribution is -2.27. The highest BCUT2D eigenvalue weighted by Gasteiger charge is 2.39. The molecule has 1 fully saturated rings. The van der Waals surface area contributed by atoms with Gasteiger partial charge in [-0.1, -0.05) is 46.3 Å². The minimum absolute atomic E-state index is 0.000387. The minimum atomic E-state index is -0.247. The SMILES string of the molecule is C[C@H]1[C@@H](c2ccccc2)O[C@@H](c2cc(Br)ccc2O)N1C. The van der Waals surface area contributed by atoms with Gasteiger partial charge in [-0.05, 0) is 37.7 Å². The summed E-state index contributed by atoms with van der Waals surface area (Å²) in [7, 11) is 2.03. The van der Waals surface area contributed by atoms with Crippen molar-refractivity contribution >= 4 is 15.9 Å². The van der Waals surface area contributed by atoms with Crippen molar-refractivity contribution < 1.29 is 9.84 Å². The van der Waals surface area contributed by atoms with Crippen molar-refractivity contribution in [3.8, 4) is 5.75 Å². The Morgan fingerprint density at radius 2 is 1.86 bits per heavy atom. The maximum absolute atomic E-state index is 10.1. The third-order valence-electron chi connectivity index (χ3n) is 4.11. The van der Waals surface area contributed by atoms with Gasteiger partial charge in [-0.3, -0.25) is 4.90 Å². The van der Waals surface area contributed by atoms with E-state index in [4.69, 9.17) is 4.74 Å². The van der Waals surface area contributed by atoms with Crippen LogP contribution < -0.4 is 0 Å². The van der Waals surface area contributed by atoms with Crippen molar-refractivity contribution in [3.05, 3.63) is 64.1 Å². The van der Waals surface area contributed by atoms with Gasteiger partial charge in [-0.15, -0.1) is 0 Å². The molecule has 0 unspecified atom stereocenters. The molecule has 110 valence electrons. The number of benzene rings is 2. The summed E-state index contributed by atoms with van der Waals surface area (Å²) in [4.78, 5) is 2.15. The number of hydrogen-bond donors (Lipinski definition) is 1. The van der Waals surface area contributed by atoms with Crippen LogP contribution in [0.3, 0.4) is 0 Å². The third-order valence-corrected chi connectivity index (χ3v) is 4.60. The summed E-state index contributed by atoms with van der Waals surface area (Å²) in [6, 6.07) is 15.9. The van der Waals surface area contributed by atoms with Crippen molar-refractivity contribution in [3.63, 3.8) is 0 Å². The van der Waals surface area contributed by atoms with E-state index in [0.717, 1.165) is 15.6 Å². The number of phenolic OH excluding ortho intramolecular Hbond substituents is 1. The van der Waals surface area contributed by atoms with E-state index >= 15 is 0 Å². The van der Waals surface area contributed by atoms with E-state index in [9.17, 15) is 5.11 Å². The molecule has 3 nitrogen and oxygen atoms in total. The van der Waals surface area contributed by atoms with Gasteiger partial charge >= 0.3 is 0 Å². The Balaban J connectivity index is 1.94. The van der Waals surface area contributed by atoms with Gasteiger partial charge in [-0.25, -0.2) is 0 Å². The largest absolute Gasteiger partial charge is 0.508 e. The topological polar surface area (TPSA) is 32.7 Å². The summed E-state index contributed by atoms with van der Waals surface area (Å²) in [6.07, 6.45) is -0.248. The molecular formula is C17H18BrNO2. The lowest BCUT2D eigenvalue weighted by molar-refractivity contribution is 0.00414. The van der Waals surface area contributed by atoms with Gasteiger partial charge in [0.2, 0.25) is 0 Å². The molecule has 0 aliphatic carbocycles. The Morgan fingerprint density at radius 3 is 2.57 bits per heavy atom. The molecule has 1 aliphatic rings. The minimum Gasteiger partial charge on any atom is -0.508 e. The maximum atomic E-state index is 10.1. The lowest BCUT2D eigenvalue weighted by Gasteiger charge is -2.22. The van der Waals surface area contributed by atoms with E-state index in [1.54, 1.807) is 6.07 Å². The first kappa shape index (κ1) is 14.6. The monoisotopic (exact) mass is 347 g/mol. The number of rotatable bonds is 2. The molecule has 1 heterocycles. The third kappa shape index (κ3) is 2.71. The molecule has 1 saturated heterocycles. The van der Waals surface area contributed by atoms with E-state index in [1.807, 2.05) is 37.4 Å². The molecule has 0 radical (unpaired) electrons. The van der Waals surface area contributed by atoms with Crippen LogP contribution in [-0.4, -0.2) is 23.1 Å². The second kappa shape index (κ2) is 5.79. The van der Waals surface area contributed by atoms with Gasteiger partial charge in [0.05, 0.1) is 0 Å². The summed E-state index contributed by atoms with van der Waals surface area (Å²) < 4.78 is 7.17. The zero-order chi connectivity index (χ0) is 15.0. The Bertz CT molecular complexity index is 632. The summed E-state index contributed by atoms with van der Waals surface area (Å²) >= 11 is 3.45. The van der Waals surface area contributed by atoms with Gasteiger partial charge in [-0.2, -0.15) is 0 Å². The number of hydrogen-bond acceptors (Lipinski definition) is 3. The number of phenols is 1. The first-order valence-electron chi connectivity index (χ1n) is 6.98. The summed E-state index contributed by atoms with van der Waals surface area (Å²) in [6.45, 7) is 2.15. The Hall–Kier alpha value is -1.36. The van der Waals surface area contributed by atoms with Crippen molar-refractivity contribution in [2.24, 2.45) is 0 Å². The molecular weight excluding hydrogens is 330 g/mol. The predicted molar refractivity (Wildman–Crippen MR) is 86.0 cm³/mol. The molecule has 2 aromatic carbocycles. The summed E-state index contributed by atoms with van der Waals surface area (Å²) in [5.74, 6) is 0.260. The quantitative estimate of drug-likeness (QED) is 0.881. The molecule has 0 saturated carbocycles. The van der Waals surface area contributed by atoms with Gasteiger partial charge < -0.3 is 9.84 Å². The molecule has 3 rings (SSSR count). The molecule has 2 aromatic rings. The molecule has 0 amide bonds. The van der Waals surface area contributed by atoms with Crippen LogP contribution >= 0.6 is 15.9 Å². The molecule has 3 atom stereocenters. The van der Waals surface area contributed by atoms with Gasteiger partial charge in [0.15, 0.2) is 0 Å². The Kier molecular flexibility index (Phi) is 4.02. The number of ether oxygens (including phenoxy) is 1. The second-order valence-electron chi connectivity index (χ2n) is 5.43. The highest BCUT2D eigenvalue weighted by molar-refractivity contribution is 9.10. The highest BCUT2D eigenvalue weighted by atomic mass is 79.9. The lowest BCUT2D eigenvalue weighted by atomic mass is 10.0. The molecule has 0 aromatic heterocycles. The van der Waals surface area contributed by atoms with Crippen LogP contribution in [0.25, 0.3) is 0 Å². The molecule has 4 heteroatoms. The fourth-order valence-corrected chi connectivity index (χ4v) is 3.17. The van der Waals surface area contributed by atoms with Crippen LogP contribution in [-0.2, 0) is 4.74 Å². The summed E-state index contributed by atoms with van der Waals surface area (Å²) in [5, 5.41) is 10.1. The van der Waals surface area contributed by atoms with Crippen LogP contribution in [0.2, 0.25) is 0 Å². The average Bonchev–Trinajstić information content (AvgIpc) is 2.79. The zero-order valence-corrected chi connectivity index (χ0v) is 13.6. The van der Waals surface area contributed by atoms with Crippen molar-refractivity contribution in [2.45, 2.75) is 25.3 Å². The summed E-state index contributed by atoms with van der Waals surface area (Å²) in [5.41, 5.74) is 1.95. The number of nitrogens with zero attached hydrogens (tertiary/aromatic N) is 1. The fraction of sp³-hybridized carbons (Fsp3) is 0.294. The van der Waals surface area contributed by atoms with Crippen LogP contribution in [0.4, 0.5) is 0 Å². The first-order valence-corrected chi connectivity index (χ1v) is 7.78. The first-order chi connectivity index (χ1) is 10.1. The average molecular weight is 348 g/mol. The van der Waals surface area contributed by atoms with E-state index < -0.39 is 0 Å². The van der Waals surface area contributed by atoms with E-state index in [0.29, 0.717) is 0 Å². The molecule has 1 aliphatic heterocycles. The number of halogens is 1. The van der Waals surface area contributed by atoms with E-state index in [1.165, 1.54) is 0 Å². The fourth-order valence-electron chi connectivity index (χ4n) is 2.79. The van der Waals surface area contributed by atoms with Crippen LogP contribution in [0.1, 0.15) is 30.4 Å². The molecule has 0 spiro atoms. The van der Waals surface area contributed by atoms with Gasteiger partial charge in [0, 0.05) is 16.1 Å². The van der Waals surface area contributed by atoms with Crippen molar-refractivity contribution in [1.29, 1.82) is 0 Å². The zero-order valence-electron chi connectivity index (χ0n) is 12.0. The maximum Gasteiger partial charge on any atom is 0.141 e. The molecule has 21 heavy (non-hydrogen) atoms. The Labute approximate surface area is 133 Å². The molecule has 1 N–H and O–H groups in total. The Morgan fingerprint density at radius 1 is 1.14 bits per heavy atom. The van der Waals surface area contributed by atoms with E-state index in [2.05, 4.69) is 39.9 Å². The van der Waals surface area contributed by atoms with Crippen molar-refractivity contribution in [1.82, 2.24) is 4.90 Å². The smallest absolute Gasteiger partial charge is 0.141 e. The standard InChI is InChI=1S/C17H18BrNO2/c1-11-16(12-6-4-3-5-7-12)21-17(19(11)2)14-10-13(18)8-9-15(14)20/h3-11,16-17,20H,1-2H3/t11-,16-,17-/m0/s1. The van der Waals surface area contributed by atoms with Gasteiger partial charge in [0.25, 0.3) is 0 Å². The van der Waals surface area contributed by atoms with Crippen LogP contribution in [0.5, 0.6) is 5.75 Å². The number of likely N-dealkylation sites (N-methyl/N-ethyl adjacent to an activating group) is 1. The van der Waals surface area contributed by atoms with Crippen molar-refractivity contribution in [2.75, 3.05) is 7.05 Å². The second-order valence-corrected chi connectivity index (χ2v) is 6.34. The van der Waals surface area contributed by atoms with Gasteiger partial charge in [0.1, 0.15) is 18.1 Å². The molecule has 0 bridgehead atoms. The van der Waals surface area contributed by atoms with Crippen LogP contribution in [0, 0.1) is 0 Å². The number of aromatic hydroxyl groups is 1. The van der Waals surface area contributed by atoms with E-state index in [-0.39, 0.29) is 24.1 Å². The highest BCUT2D eigenvalue weighted by Crippen LogP contribution is 2.43. The normalized spacial score (nSPS) is 26.1. The van der Waals surface area contributed by atoms with Crippen LogP contribution in [0.15, 0.2) is 53.0 Å².